The summed E-state index contributed by atoms with van der Waals surface area (Å²) in [7, 11) is 1.50. The monoisotopic (exact) mass is 514 g/mol. The molecule has 1 aliphatic heterocycles. The van der Waals surface area contributed by atoms with Crippen LogP contribution in [0.2, 0.25) is 0 Å². The number of pyridine rings is 1. The van der Waals surface area contributed by atoms with Crippen LogP contribution in [0.4, 0.5) is 15.8 Å². The second-order valence-electron chi connectivity index (χ2n) is 7.68. The van der Waals surface area contributed by atoms with Gasteiger partial charge in [-0.1, -0.05) is 26.8 Å². The summed E-state index contributed by atoms with van der Waals surface area (Å²) < 4.78 is 19.8. The molecule has 1 aromatic heterocycles. The normalized spacial score (nSPS) is 14.4. The van der Waals surface area contributed by atoms with Crippen LogP contribution in [0, 0.1) is 26.6 Å². The highest BCUT2D eigenvalue weighted by Gasteiger charge is 2.23. The lowest BCUT2D eigenvalue weighted by Crippen LogP contribution is -2.37. The van der Waals surface area contributed by atoms with E-state index in [0.717, 1.165) is 47.5 Å². The van der Waals surface area contributed by atoms with Crippen LogP contribution in [-0.2, 0) is 4.79 Å². The van der Waals surface area contributed by atoms with Crippen LogP contribution >= 0.6 is 0 Å². The lowest BCUT2D eigenvalue weighted by molar-refractivity contribution is -0.106. The molecular formula is C28H43FN6O2. The van der Waals surface area contributed by atoms with E-state index in [2.05, 4.69) is 46.9 Å². The van der Waals surface area contributed by atoms with Gasteiger partial charge in [-0.15, -0.1) is 0 Å². The molecule has 37 heavy (non-hydrogen) atoms. The van der Waals surface area contributed by atoms with Crippen molar-refractivity contribution in [1.29, 1.82) is 0 Å². The fourth-order valence-corrected chi connectivity index (χ4v) is 3.46. The van der Waals surface area contributed by atoms with Crippen molar-refractivity contribution in [3.05, 3.63) is 58.7 Å². The van der Waals surface area contributed by atoms with Gasteiger partial charge in [0, 0.05) is 18.3 Å². The Morgan fingerprint density at radius 1 is 1.22 bits per heavy atom. The van der Waals surface area contributed by atoms with Gasteiger partial charge in [0.05, 0.1) is 36.4 Å². The molecule has 2 heterocycles. The van der Waals surface area contributed by atoms with Crippen LogP contribution in [0.25, 0.3) is 0 Å². The molecule has 1 saturated heterocycles. The van der Waals surface area contributed by atoms with Crippen LogP contribution in [0.5, 0.6) is 5.88 Å². The highest BCUT2D eigenvalue weighted by molar-refractivity contribution is 6.05. The molecule has 0 spiro atoms. The molecule has 9 heteroatoms. The Morgan fingerprint density at radius 2 is 1.86 bits per heavy atom. The summed E-state index contributed by atoms with van der Waals surface area (Å²) in [5, 5.41) is 0. The molecular weight excluding hydrogens is 471 g/mol. The Morgan fingerprint density at radius 3 is 2.43 bits per heavy atom. The number of anilines is 1. The van der Waals surface area contributed by atoms with Crippen molar-refractivity contribution in [2.75, 3.05) is 31.6 Å². The third-order valence-corrected chi connectivity index (χ3v) is 5.38. The zero-order valence-corrected chi connectivity index (χ0v) is 23.3. The van der Waals surface area contributed by atoms with Crippen molar-refractivity contribution in [2.45, 2.75) is 54.4 Å². The smallest absolute Gasteiger partial charge is 0.216 e. The third-order valence-electron chi connectivity index (χ3n) is 5.38. The number of aromatic nitrogens is 1. The number of carbonyl (C=O) groups excluding carboxylic acids is 1. The molecule has 0 radical (unpaired) electrons. The van der Waals surface area contributed by atoms with Crippen molar-refractivity contribution in [3.63, 3.8) is 0 Å². The van der Waals surface area contributed by atoms with Crippen molar-refractivity contribution in [2.24, 2.45) is 21.5 Å². The third kappa shape index (κ3) is 10.1. The number of benzene rings is 1. The molecule has 1 aliphatic rings. The average Bonchev–Trinajstić information content (AvgIpc) is 2.91. The van der Waals surface area contributed by atoms with E-state index in [1.165, 1.54) is 13.1 Å². The lowest BCUT2D eigenvalue weighted by atomic mass is 10.0. The molecule has 8 nitrogen and oxygen atoms in total. The molecule has 4 N–H and O–H groups in total. The zero-order chi connectivity index (χ0) is 28.4. The van der Waals surface area contributed by atoms with Crippen LogP contribution in [0.3, 0.4) is 0 Å². The predicted molar refractivity (Wildman–Crippen MR) is 154 cm³/mol. The zero-order valence-electron chi connectivity index (χ0n) is 23.3. The van der Waals surface area contributed by atoms with E-state index in [4.69, 9.17) is 14.5 Å². The summed E-state index contributed by atoms with van der Waals surface area (Å²) >= 11 is 0. The standard InChI is InChI=1S/C24H29FN4O.C2H6.CH3NO.CH5N/c1-6-11-30-24-18(4)17(3)23(14-27-24)29-10-9-19(13-26-5)22(15-29)28-20-8-7-16(2)21(25)12-20;1-2;2-1-3;1-2/h7-8,12-14H,5-6,9-11,15H2,1-4H3;1-2H3;1H,(H2,2,3);2H2,1H3/b19-13-,28-22?;;;. The van der Waals surface area contributed by atoms with E-state index < -0.39 is 0 Å². The van der Waals surface area contributed by atoms with Crippen molar-refractivity contribution < 1.29 is 13.9 Å². The van der Waals surface area contributed by atoms with Gasteiger partial charge in [0.25, 0.3) is 0 Å². The number of halogens is 1. The number of primary amides is 1. The first-order valence-electron chi connectivity index (χ1n) is 12.4. The molecule has 1 aromatic carbocycles. The Labute approximate surface area is 221 Å². The van der Waals surface area contributed by atoms with Crippen LogP contribution in [-0.4, -0.2) is 50.6 Å². The Hall–Kier alpha value is -3.59. The number of carbonyl (C=O) groups is 1. The summed E-state index contributed by atoms with van der Waals surface area (Å²) in [4.78, 5) is 24.1. The molecule has 0 bridgehead atoms. The number of ether oxygens (including phenoxy) is 1. The summed E-state index contributed by atoms with van der Waals surface area (Å²) in [5.41, 5.74) is 15.0. The number of nitrogens with two attached hydrogens (primary N) is 2. The maximum absolute atomic E-state index is 14.0. The Balaban J connectivity index is 0.00000169. The topological polar surface area (TPSA) is 119 Å². The van der Waals surface area contributed by atoms with E-state index in [0.29, 0.717) is 30.3 Å². The lowest BCUT2D eigenvalue weighted by Gasteiger charge is -2.32. The number of amides is 1. The summed E-state index contributed by atoms with van der Waals surface area (Å²) in [6, 6.07) is 5.05. The Kier molecular flexibility index (Phi) is 16.8. The first kappa shape index (κ1) is 33.4. The summed E-state index contributed by atoms with van der Waals surface area (Å²) in [5.74, 6) is 0.436. The van der Waals surface area contributed by atoms with Crippen LogP contribution < -0.4 is 21.1 Å². The number of aryl methyl sites for hydroxylation is 1. The summed E-state index contributed by atoms with van der Waals surface area (Å²) in [6.07, 6.45) is 5.59. The second kappa shape index (κ2) is 18.6. The number of nitrogens with zero attached hydrogens (tertiary/aromatic N) is 4. The molecule has 1 fully saturated rings. The molecule has 1 amide bonds. The predicted octanol–water partition coefficient (Wildman–Crippen LogP) is 5.20. The summed E-state index contributed by atoms with van der Waals surface area (Å²) in [6.45, 7) is 17.6. The molecule has 3 rings (SSSR count). The SMILES string of the molecule is C=N/C=C1/CCN(c2cnc(OCCC)c(C)c2C)CC1=Nc1ccc(C)c(F)c1.CC.CN.NC=O. The maximum Gasteiger partial charge on any atom is 0.216 e. The quantitative estimate of drug-likeness (QED) is 0.405. The molecule has 0 unspecified atom stereocenters. The van der Waals surface area contributed by atoms with E-state index in [-0.39, 0.29) is 12.2 Å². The van der Waals surface area contributed by atoms with Crippen molar-refractivity contribution in [3.8, 4) is 5.88 Å². The number of rotatable bonds is 6. The number of hydrogen-bond donors (Lipinski definition) is 2. The van der Waals surface area contributed by atoms with E-state index >= 15 is 0 Å². The minimum atomic E-state index is -0.254. The molecule has 2 aromatic rings. The largest absolute Gasteiger partial charge is 0.477 e. The average molecular weight is 515 g/mol. The molecule has 0 atom stereocenters. The van der Waals surface area contributed by atoms with Gasteiger partial charge >= 0.3 is 0 Å². The van der Waals surface area contributed by atoms with Gasteiger partial charge in [0.1, 0.15) is 5.82 Å². The second-order valence-corrected chi connectivity index (χ2v) is 7.68. The maximum atomic E-state index is 14.0. The van der Waals surface area contributed by atoms with E-state index in [9.17, 15) is 4.39 Å². The number of aliphatic imine (C=N–C) groups is 2. The minimum absolute atomic E-state index is 0.250. The highest BCUT2D eigenvalue weighted by atomic mass is 19.1. The van der Waals surface area contributed by atoms with E-state index in [1.807, 2.05) is 33.0 Å². The highest BCUT2D eigenvalue weighted by Crippen LogP contribution is 2.31. The Bertz CT molecular complexity index is 1050. The van der Waals surface area contributed by atoms with E-state index in [1.54, 1.807) is 19.2 Å². The van der Waals surface area contributed by atoms with Crippen molar-refractivity contribution >= 4 is 30.2 Å². The van der Waals surface area contributed by atoms with Gasteiger partial charge in [-0.2, -0.15) is 0 Å². The van der Waals surface area contributed by atoms with Gasteiger partial charge in [-0.05, 0) is 76.2 Å². The van der Waals surface area contributed by atoms with Gasteiger partial charge in [-0.3, -0.25) is 14.8 Å². The number of hydrogen-bond acceptors (Lipinski definition) is 7. The first-order chi connectivity index (χ1) is 17.9. The van der Waals surface area contributed by atoms with Gasteiger partial charge in [0.2, 0.25) is 12.3 Å². The van der Waals surface area contributed by atoms with Crippen LogP contribution in [0.1, 0.15) is 50.3 Å². The molecule has 0 saturated carbocycles. The first-order valence-corrected chi connectivity index (χ1v) is 12.4. The molecule has 0 aliphatic carbocycles. The fourth-order valence-electron chi connectivity index (χ4n) is 3.46. The molecule has 204 valence electrons. The number of piperidine rings is 1. The van der Waals surface area contributed by atoms with Gasteiger partial charge in [0.15, 0.2) is 0 Å². The minimum Gasteiger partial charge on any atom is -0.477 e. The van der Waals surface area contributed by atoms with Crippen LogP contribution in [0.15, 0.2) is 46.2 Å². The van der Waals surface area contributed by atoms with Gasteiger partial charge in [-0.25, -0.2) is 9.37 Å². The van der Waals surface area contributed by atoms with Gasteiger partial charge < -0.3 is 21.1 Å². The van der Waals surface area contributed by atoms with Crippen molar-refractivity contribution in [1.82, 2.24) is 4.98 Å². The fraction of sp³-hybridized carbons (Fsp3) is 0.429.